The zero-order valence-corrected chi connectivity index (χ0v) is 7.46. The van der Waals surface area contributed by atoms with Crippen LogP contribution in [0.4, 0.5) is 0 Å². The van der Waals surface area contributed by atoms with E-state index in [2.05, 4.69) is 30.3 Å². The van der Waals surface area contributed by atoms with E-state index in [1.165, 1.54) is 0 Å². The second-order valence-corrected chi connectivity index (χ2v) is 3.11. The van der Waals surface area contributed by atoms with Crippen molar-refractivity contribution in [2.45, 2.75) is 26.2 Å². The molecule has 0 N–H and O–H groups in total. The molecule has 1 radical (unpaired) electrons. The summed E-state index contributed by atoms with van der Waals surface area (Å²) >= 11 is 0. The average Bonchev–Trinajstić information content (AvgIpc) is 2.30. The van der Waals surface area contributed by atoms with Crippen molar-refractivity contribution >= 4 is 0 Å². The van der Waals surface area contributed by atoms with E-state index in [0.29, 0.717) is 5.92 Å². The first-order valence-corrected chi connectivity index (χ1v) is 3.96. The van der Waals surface area contributed by atoms with Gasteiger partial charge in [0.25, 0.3) is 0 Å². The van der Waals surface area contributed by atoms with Crippen molar-refractivity contribution < 1.29 is 0 Å². The molecule has 1 aromatic heterocycles. The van der Waals surface area contributed by atoms with Crippen LogP contribution < -0.4 is 0 Å². The molecule has 0 aliphatic rings. The third-order valence-electron chi connectivity index (χ3n) is 1.73. The number of aromatic nitrogens is 2. The zero-order valence-electron chi connectivity index (χ0n) is 7.46. The van der Waals surface area contributed by atoms with Crippen LogP contribution in [0.2, 0.25) is 0 Å². The van der Waals surface area contributed by atoms with Crippen molar-refractivity contribution in [2.24, 2.45) is 7.05 Å². The van der Waals surface area contributed by atoms with E-state index in [-0.39, 0.29) is 0 Å². The molecule has 0 aromatic carbocycles. The Morgan fingerprint density at radius 2 is 2.27 bits per heavy atom. The molecular formula is C9H15N2. The number of hydrogen-bond donors (Lipinski definition) is 0. The standard InChI is InChI=1S/C9H15N2/c1-5-8-6-11(4)9(10-8)7(2)3/h6-7H,1,5H2,2-4H3. The minimum absolute atomic E-state index is 0.500. The molecule has 1 rings (SSSR count). The summed E-state index contributed by atoms with van der Waals surface area (Å²) < 4.78 is 2.07. The number of nitrogens with zero attached hydrogens (tertiary/aromatic N) is 2. The predicted octanol–water partition coefficient (Wildman–Crippen LogP) is 1.92. The largest absolute Gasteiger partial charge is 0.338 e. The summed E-state index contributed by atoms with van der Waals surface area (Å²) in [5.74, 6) is 1.64. The van der Waals surface area contributed by atoms with Crippen molar-refractivity contribution in [2.75, 3.05) is 0 Å². The van der Waals surface area contributed by atoms with Gasteiger partial charge >= 0.3 is 0 Å². The van der Waals surface area contributed by atoms with E-state index >= 15 is 0 Å². The molecule has 0 saturated heterocycles. The minimum atomic E-state index is 0.500. The van der Waals surface area contributed by atoms with Crippen molar-refractivity contribution in [3.63, 3.8) is 0 Å². The fourth-order valence-electron chi connectivity index (χ4n) is 1.20. The maximum absolute atomic E-state index is 4.43. The van der Waals surface area contributed by atoms with Crippen molar-refractivity contribution in [3.05, 3.63) is 24.6 Å². The Bertz CT molecular complexity index is 236. The first-order valence-electron chi connectivity index (χ1n) is 3.96. The molecular weight excluding hydrogens is 136 g/mol. The molecule has 2 heteroatoms. The Labute approximate surface area is 68.3 Å². The number of hydrogen-bond acceptors (Lipinski definition) is 1. The highest BCUT2D eigenvalue weighted by Gasteiger charge is 2.06. The Morgan fingerprint density at radius 3 is 2.55 bits per heavy atom. The maximum Gasteiger partial charge on any atom is 0.111 e. The normalized spacial score (nSPS) is 11.0. The molecule has 1 aromatic rings. The van der Waals surface area contributed by atoms with Crippen LogP contribution in [0.1, 0.15) is 31.3 Å². The molecule has 0 aliphatic heterocycles. The molecule has 0 aliphatic carbocycles. The van der Waals surface area contributed by atoms with Crippen LogP contribution in [-0.4, -0.2) is 9.55 Å². The molecule has 0 amide bonds. The molecule has 0 spiro atoms. The van der Waals surface area contributed by atoms with Crippen LogP contribution in [0.5, 0.6) is 0 Å². The van der Waals surface area contributed by atoms with Crippen LogP contribution in [0.15, 0.2) is 6.20 Å². The summed E-state index contributed by atoms with van der Waals surface area (Å²) in [5.41, 5.74) is 1.08. The van der Waals surface area contributed by atoms with Gasteiger partial charge in [-0.05, 0) is 13.3 Å². The lowest BCUT2D eigenvalue weighted by Gasteiger charge is -2.02. The van der Waals surface area contributed by atoms with Crippen molar-refractivity contribution in [3.8, 4) is 0 Å². The minimum Gasteiger partial charge on any atom is -0.338 e. The second-order valence-electron chi connectivity index (χ2n) is 3.11. The Hall–Kier alpha value is -0.790. The monoisotopic (exact) mass is 151 g/mol. The highest BCUT2D eigenvalue weighted by Crippen LogP contribution is 2.12. The molecule has 1 heterocycles. The predicted molar refractivity (Wildman–Crippen MR) is 46.4 cm³/mol. The van der Waals surface area contributed by atoms with E-state index in [1.54, 1.807) is 0 Å². The van der Waals surface area contributed by atoms with E-state index in [4.69, 9.17) is 0 Å². The SMILES string of the molecule is [CH2]Cc1cn(C)c(C(C)C)n1. The summed E-state index contributed by atoms with van der Waals surface area (Å²) in [6, 6.07) is 0. The lowest BCUT2D eigenvalue weighted by Crippen LogP contribution is -1.98. The number of imidazole rings is 1. The van der Waals surface area contributed by atoms with Gasteiger partial charge in [0, 0.05) is 19.2 Å². The zero-order chi connectivity index (χ0) is 8.43. The van der Waals surface area contributed by atoms with E-state index < -0.39 is 0 Å². The van der Waals surface area contributed by atoms with Crippen LogP contribution in [0, 0.1) is 6.92 Å². The quantitative estimate of drug-likeness (QED) is 0.631. The number of rotatable bonds is 2. The summed E-state index contributed by atoms with van der Waals surface area (Å²) in [5, 5.41) is 0. The summed E-state index contributed by atoms with van der Waals surface area (Å²) in [6.45, 7) is 8.09. The lowest BCUT2D eigenvalue weighted by atomic mass is 10.2. The smallest absolute Gasteiger partial charge is 0.111 e. The molecule has 2 nitrogen and oxygen atoms in total. The van der Waals surface area contributed by atoms with Gasteiger partial charge in [-0.3, -0.25) is 0 Å². The average molecular weight is 151 g/mol. The van der Waals surface area contributed by atoms with Crippen LogP contribution in [0.25, 0.3) is 0 Å². The third kappa shape index (κ3) is 1.62. The molecule has 0 bridgehead atoms. The number of aryl methyl sites for hydroxylation is 1. The fourth-order valence-corrected chi connectivity index (χ4v) is 1.20. The van der Waals surface area contributed by atoms with Gasteiger partial charge in [0.2, 0.25) is 0 Å². The molecule has 61 valence electrons. The fraction of sp³-hybridized carbons (Fsp3) is 0.556. The summed E-state index contributed by atoms with van der Waals surface area (Å²) in [7, 11) is 2.03. The van der Waals surface area contributed by atoms with Crippen molar-refractivity contribution in [1.29, 1.82) is 0 Å². The maximum atomic E-state index is 4.43. The third-order valence-corrected chi connectivity index (χ3v) is 1.73. The first kappa shape index (κ1) is 8.31. The van der Waals surface area contributed by atoms with Gasteiger partial charge < -0.3 is 4.57 Å². The molecule has 0 fully saturated rings. The van der Waals surface area contributed by atoms with Gasteiger partial charge in [0.05, 0.1) is 5.69 Å². The molecule has 11 heavy (non-hydrogen) atoms. The Balaban J connectivity index is 2.97. The molecule has 0 unspecified atom stereocenters. The summed E-state index contributed by atoms with van der Waals surface area (Å²) in [6.07, 6.45) is 2.82. The van der Waals surface area contributed by atoms with E-state index in [9.17, 15) is 0 Å². The highest BCUT2D eigenvalue weighted by atomic mass is 15.0. The van der Waals surface area contributed by atoms with Crippen LogP contribution in [0.3, 0.4) is 0 Å². The summed E-state index contributed by atoms with van der Waals surface area (Å²) in [4.78, 5) is 4.43. The highest BCUT2D eigenvalue weighted by molar-refractivity contribution is 5.07. The van der Waals surface area contributed by atoms with Gasteiger partial charge in [-0.15, -0.1) is 0 Å². The topological polar surface area (TPSA) is 17.8 Å². The lowest BCUT2D eigenvalue weighted by molar-refractivity contribution is 0.710. The Kier molecular flexibility index (Phi) is 2.32. The van der Waals surface area contributed by atoms with Gasteiger partial charge in [-0.2, -0.15) is 0 Å². The van der Waals surface area contributed by atoms with Gasteiger partial charge in [-0.25, -0.2) is 4.98 Å². The van der Waals surface area contributed by atoms with E-state index in [1.807, 2.05) is 13.2 Å². The van der Waals surface area contributed by atoms with Gasteiger partial charge in [-0.1, -0.05) is 13.8 Å². The first-order chi connectivity index (χ1) is 5.15. The second kappa shape index (κ2) is 3.07. The van der Waals surface area contributed by atoms with Crippen LogP contribution >= 0.6 is 0 Å². The van der Waals surface area contributed by atoms with Gasteiger partial charge in [0.15, 0.2) is 0 Å². The molecule has 0 saturated carbocycles. The Morgan fingerprint density at radius 1 is 1.64 bits per heavy atom. The van der Waals surface area contributed by atoms with E-state index in [0.717, 1.165) is 17.9 Å². The van der Waals surface area contributed by atoms with Gasteiger partial charge in [0.1, 0.15) is 5.82 Å². The van der Waals surface area contributed by atoms with Crippen molar-refractivity contribution in [1.82, 2.24) is 9.55 Å². The van der Waals surface area contributed by atoms with Crippen LogP contribution in [-0.2, 0) is 13.5 Å². The molecule has 0 atom stereocenters.